The number of hydrogen-bond acceptors (Lipinski definition) is 6. The number of halogens is 2. The maximum absolute atomic E-state index is 12.8. The Kier molecular flexibility index (Phi) is 6.03. The van der Waals surface area contributed by atoms with Crippen molar-refractivity contribution in [2.75, 3.05) is 32.8 Å². The van der Waals surface area contributed by atoms with Crippen LogP contribution >= 0.6 is 11.8 Å². The van der Waals surface area contributed by atoms with Crippen LogP contribution in [0.1, 0.15) is 10.4 Å². The van der Waals surface area contributed by atoms with Crippen molar-refractivity contribution in [2.45, 2.75) is 16.9 Å². The maximum atomic E-state index is 12.8. The van der Waals surface area contributed by atoms with E-state index in [2.05, 4.69) is 4.98 Å². The lowest BCUT2D eigenvalue weighted by Crippen LogP contribution is -2.55. The second-order valence-electron chi connectivity index (χ2n) is 6.72. The zero-order valence-electron chi connectivity index (χ0n) is 15.9. The molecule has 2 aliphatic heterocycles. The molecule has 158 valence electrons. The number of ether oxygens (including phenoxy) is 2. The number of amides is 2. The summed E-state index contributed by atoms with van der Waals surface area (Å²) in [5.74, 6) is -2.11. The highest BCUT2D eigenvalue weighted by Gasteiger charge is 2.34. The molecule has 0 aliphatic carbocycles. The molecule has 1 aromatic heterocycles. The standard InChI is InChI=1S/C20H19F2N3O4S/c21-20(22)30-17-13(4-3-7-23-17)18(26)24-8-10-25(11-9-24)19(27)16-12-28-14-5-1-2-6-15(14)29-16/h1-7,16,20H,8-12H2. The predicted molar refractivity (Wildman–Crippen MR) is 105 cm³/mol. The van der Waals surface area contributed by atoms with Crippen molar-refractivity contribution in [2.24, 2.45) is 0 Å². The van der Waals surface area contributed by atoms with Crippen molar-refractivity contribution in [3.63, 3.8) is 0 Å². The minimum Gasteiger partial charge on any atom is -0.485 e. The maximum Gasteiger partial charge on any atom is 0.290 e. The second kappa shape index (κ2) is 8.86. The highest BCUT2D eigenvalue weighted by Crippen LogP contribution is 2.31. The first kappa shape index (κ1) is 20.4. The van der Waals surface area contributed by atoms with Gasteiger partial charge in [0.15, 0.2) is 11.5 Å². The van der Waals surface area contributed by atoms with Gasteiger partial charge in [-0.25, -0.2) is 4.98 Å². The van der Waals surface area contributed by atoms with Crippen LogP contribution in [0.25, 0.3) is 0 Å². The van der Waals surface area contributed by atoms with Gasteiger partial charge in [-0.15, -0.1) is 0 Å². The van der Waals surface area contributed by atoms with Gasteiger partial charge in [-0.2, -0.15) is 8.78 Å². The number of benzene rings is 1. The van der Waals surface area contributed by atoms with Crippen LogP contribution < -0.4 is 9.47 Å². The molecule has 1 fully saturated rings. The molecule has 1 aromatic carbocycles. The molecule has 0 spiro atoms. The average Bonchev–Trinajstić information content (AvgIpc) is 2.78. The number of fused-ring (bicyclic) bond motifs is 1. The summed E-state index contributed by atoms with van der Waals surface area (Å²) in [5, 5.41) is 0.00225. The Balaban J connectivity index is 1.36. The number of pyridine rings is 1. The number of para-hydroxylation sites is 2. The van der Waals surface area contributed by atoms with Crippen LogP contribution in [0.5, 0.6) is 11.5 Å². The highest BCUT2D eigenvalue weighted by molar-refractivity contribution is 7.99. The van der Waals surface area contributed by atoms with Gasteiger partial charge in [-0.1, -0.05) is 12.1 Å². The topological polar surface area (TPSA) is 72.0 Å². The number of alkyl halides is 2. The molecule has 2 aliphatic rings. The lowest BCUT2D eigenvalue weighted by Gasteiger charge is -2.37. The van der Waals surface area contributed by atoms with E-state index in [-0.39, 0.29) is 40.8 Å². The molecule has 1 atom stereocenters. The van der Waals surface area contributed by atoms with E-state index < -0.39 is 11.9 Å². The van der Waals surface area contributed by atoms with E-state index in [0.717, 1.165) is 0 Å². The normalized spacial score (nSPS) is 18.4. The molecule has 7 nitrogen and oxygen atoms in total. The number of carbonyl (C=O) groups is 2. The Morgan fingerprint density at radius 1 is 1.03 bits per heavy atom. The number of thioether (sulfide) groups is 1. The molecule has 2 amide bonds. The van der Waals surface area contributed by atoms with E-state index in [9.17, 15) is 18.4 Å². The largest absolute Gasteiger partial charge is 0.485 e. The Morgan fingerprint density at radius 3 is 2.47 bits per heavy atom. The molecule has 10 heteroatoms. The van der Waals surface area contributed by atoms with Gasteiger partial charge in [0.2, 0.25) is 6.10 Å². The zero-order chi connectivity index (χ0) is 21.1. The monoisotopic (exact) mass is 435 g/mol. The van der Waals surface area contributed by atoms with Crippen LogP contribution in [0.4, 0.5) is 8.78 Å². The summed E-state index contributed by atoms with van der Waals surface area (Å²) < 4.78 is 36.9. The fourth-order valence-electron chi connectivity index (χ4n) is 3.38. The predicted octanol–water partition coefficient (Wildman–Crippen LogP) is 2.52. The Morgan fingerprint density at radius 2 is 1.73 bits per heavy atom. The van der Waals surface area contributed by atoms with Crippen molar-refractivity contribution in [3.8, 4) is 11.5 Å². The van der Waals surface area contributed by atoms with E-state index in [1.165, 1.54) is 12.3 Å². The summed E-state index contributed by atoms with van der Waals surface area (Å²) in [6.07, 6.45) is 0.636. The number of rotatable bonds is 4. The van der Waals surface area contributed by atoms with Gasteiger partial charge in [-0.3, -0.25) is 9.59 Å². The average molecular weight is 435 g/mol. The van der Waals surface area contributed by atoms with Crippen LogP contribution in [-0.4, -0.2) is 71.2 Å². The van der Waals surface area contributed by atoms with Crippen molar-refractivity contribution in [3.05, 3.63) is 48.2 Å². The van der Waals surface area contributed by atoms with E-state index in [1.807, 2.05) is 6.07 Å². The number of aromatic nitrogens is 1. The van der Waals surface area contributed by atoms with Gasteiger partial charge in [-0.05, 0) is 36.0 Å². The fraction of sp³-hybridized carbons (Fsp3) is 0.350. The van der Waals surface area contributed by atoms with Crippen molar-refractivity contribution in [1.82, 2.24) is 14.8 Å². The third-order valence-electron chi connectivity index (χ3n) is 4.86. The third kappa shape index (κ3) is 4.33. The highest BCUT2D eigenvalue weighted by atomic mass is 32.2. The molecule has 1 unspecified atom stereocenters. The van der Waals surface area contributed by atoms with Crippen molar-refractivity contribution >= 4 is 23.6 Å². The van der Waals surface area contributed by atoms with Gasteiger partial charge in [0, 0.05) is 32.4 Å². The van der Waals surface area contributed by atoms with Crippen LogP contribution in [0.3, 0.4) is 0 Å². The quantitative estimate of drug-likeness (QED) is 0.688. The molecule has 4 rings (SSSR count). The Bertz CT molecular complexity index is 938. The molecule has 30 heavy (non-hydrogen) atoms. The zero-order valence-corrected chi connectivity index (χ0v) is 16.7. The van der Waals surface area contributed by atoms with Crippen LogP contribution in [-0.2, 0) is 4.79 Å². The van der Waals surface area contributed by atoms with Crippen LogP contribution in [0.15, 0.2) is 47.6 Å². The fourth-order valence-corrected chi connectivity index (χ4v) is 3.95. The van der Waals surface area contributed by atoms with Gasteiger partial charge in [0.25, 0.3) is 17.6 Å². The lowest BCUT2D eigenvalue weighted by molar-refractivity contribution is -0.142. The van der Waals surface area contributed by atoms with Gasteiger partial charge < -0.3 is 19.3 Å². The molecule has 2 aromatic rings. The molecule has 0 saturated carbocycles. The van der Waals surface area contributed by atoms with Crippen LogP contribution in [0, 0.1) is 0 Å². The molecule has 1 saturated heterocycles. The number of hydrogen-bond donors (Lipinski definition) is 0. The molecule has 3 heterocycles. The van der Waals surface area contributed by atoms with Gasteiger partial charge in [0.1, 0.15) is 11.6 Å². The Labute approximate surface area is 176 Å². The third-order valence-corrected chi connectivity index (χ3v) is 5.59. The number of carbonyl (C=O) groups excluding carboxylic acids is 2. The number of nitrogens with zero attached hydrogens (tertiary/aromatic N) is 3. The second-order valence-corrected chi connectivity index (χ2v) is 7.70. The van der Waals surface area contributed by atoms with Crippen LogP contribution in [0.2, 0.25) is 0 Å². The van der Waals surface area contributed by atoms with E-state index in [1.54, 1.807) is 34.1 Å². The first-order valence-electron chi connectivity index (χ1n) is 9.39. The lowest BCUT2D eigenvalue weighted by atomic mass is 10.2. The summed E-state index contributed by atoms with van der Waals surface area (Å²) in [4.78, 5) is 32.7. The molecule has 0 radical (unpaired) electrons. The molecular formula is C20H19F2N3O4S. The van der Waals surface area contributed by atoms with E-state index in [0.29, 0.717) is 37.7 Å². The van der Waals surface area contributed by atoms with Crippen molar-refractivity contribution in [1.29, 1.82) is 0 Å². The Hall–Kier alpha value is -2.88. The summed E-state index contributed by atoms with van der Waals surface area (Å²) in [5.41, 5.74) is 0.142. The summed E-state index contributed by atoms with van der Waals surface area (Å²) >= 11 is 0.249. The van der Waals surface area contributed by atoms with Gasteiger partial charge in [0.05, 0.1) is 5.56 Å². The van der Waals surface area contributed by atoms with E-state index in [4.69, 9.17) is 9.47 Å². The first-order chi connectivity index (χ1) is 14.5. The summed E-state index contributed by atoms with van der Waals surface area (Å²) in [7, 11) is 0. The van der Waals surface area contributed by atoms with Gasteiger partial charge >= 0.3 is 0 Å². The summed E-state index contributed by atoms with van der Waals surface area (Å²) in [6, 6.07) is 10.2. The molecule has 0 bridgehead atoms. The smallest absolute Gasteiger partial charge is 0.290 e. The molecular weight excluding hydrogens is 416 g/mol. The van der Waals surface area contributed by atoms with E-state index >= 15 is 0 Å². The molecule has 0 N–H and O–H groups in total. The minimum absolute atomic E-state index is 0.00225. The first-order valence-corrected chi connectivity index (χ1v) is 10.3. The minimum atomic E-state index is -2.66. The SMILES string of the molecule is O=C(c1cccnc1SC(F)F)N1CCN(C(=O)C2COc3ccccc3O2)CC1. The van der Waals surface area contributed by atoms with Crippen molar-refractivity contribution < 1.29 is 27.8 Å². The number of piperazine rings is 1. The summed E-state index contributed by atoms with van der Waals surface area (Å²) in [6.45, 7) is 1.36.